The molecule has 1 amide bonds. The number of carbonyl (C=O) groups excluding carboxylic acids is 1. The van der Waals surface area contributed by atoms with Crippen molar-refractivity contribution in [2.24, 2.45) is 0 Å². The fraction of sp³-hybridized carbons (Fsp3) is 0.500. The topological polar surface area (TPSA) is 61.8 Å². The molecule has 1 aromatic rings. The van der Waals surface area contributed by atoms with E-state index < -0.39 is 0 Å². The van der Waals surface area contributed by atoms with Gasteiger partial charge in [-0.25, -0.2) is 0 Å². The van der Waals surface area contributed by atoms with Gasteiger partial charge < -0.3 is 15.2 Å². The SMILES string of the molecule is COc1cccc(NC(=O)CN2CCC(O)CC2)c1. The first-order chi connectivity index (χ1) is 9.17. The standard InChI is InChI=1S/C14H20N2O3/c1-19-13-4-2-3-11(9-13)15-14(18)10-16-7-5-12(17)6-8-16/h2-4,9,12,17H,5-8,10H2,1H3,(H,15,18). The number of anilines is 1. The maximum Gasteiger partial charge on any atom is 0.238 e. The Labute approximate surface area is 113 Å². The number of benzene rings is 1. The van der Waals surface area contributed by atoms with Gasteiger partial charge in [-0.15, -0.1) is 0 Å². The van der Waals surface area contributed by atoms with Crippen LogP contribution in [0, 0.1) is 0 Å². The molecule has 0 bridgehead atoms. The first kappa shape index (κ1) is 13.8. The van der Waals surface area contributed by atoms with Crippen molar-refractivity contribution < 1.29 is 14.6 Å². The molecule has 1 saturated heterocycles. The van der Waals surface area contributed by atoms with E-state index in [1.807, 2.05) is 18.2 Å². The fourth-order valence-corrected chi connectivity index (χ4v) is 2.18. The van der Waals surface area contributed by atoms with Crippen molar-refractivity contribution in [3.8, 4) is 5.75 Å². The van der Waals surface area contributed by atoms with Crippen molar-refractivity contribution in [1.82, 2.24) is 4.90 Å². The number of carbonyl (C=O) groups is 1. The molecular weight excluding hydrogens is 244 g/mol. The van der Waals surface area contributed by atoms with E-state index in [4.69, 9.17) is 4.74 Å². The molecule has 0 atom stereocenters. The van der Waals surface area contributed by atoms with E-state index in [2.05, 4.69) is 10.2 Å². The van der Waals surface area contributed by atoms with Crippen LogP contribution in [0.4, 0.5) is 5.69 Å². The van der Waals surface area contributed by atoms with E-state index in [-0.39, 0.29) is 12.0 Å². The number of amides is 1. The molecule has 1 aromatic carbocycles. The normalized spacial score (nSPS) is 17.2. The molecule has 0 radical (unpaired) electrons. The zero-order valence-corrected chi connectivity index (χ0v) is 11.1. The average Bonchev–Trinajstić information content (AvgIpc) is 2.41. The molecule has 1 heterocycles. The highest BCUT2D eigenvalue weighted by molar-refractivity contribution is 5.92. The van der Waals surface area contributed by atoms with Crippen LogP contribution in [0.2, 0.25) is 0 Å². The maximum absolute atomic E-state index is 11.9. The van der Waals surface area contributed by atoms with Crippen molar-refractivity contribution in [2.45, 2.75) is 18.9 Å². The molecule has 104 valence electrons. The summed E-state index contributed by atoms with van der Waals surface area (Å²) in [6.07, 6.45) is 1.27. The van der Waals surface area contributed by atoms with Gasteiger partial charge in [-0.05, 0) is 25.0 Å². The monoisotopic (exact) mass is 264 g/mol. The molecule has 1 fully saturated rings. The number of rotatable bonds is 4. The van der Waals surface area contributed by atoms with Gasteiger partial charge in [0.15, 0.2) is 0 Å². The van der Waals surface area contributed by atoms with Gasteiger partial charge in [-0.1, -0.05) is 6.07 Å². The Hall–Kier alpha value is -1.59. The number of likely N-dealkylation sites (tertiary alicyclic amines) is 1. The highest BCUT2D eigenvalue weighted by atomic mass is 16.5. The van der Waals surface area contributed by atoms with Crippen molar-refractivity contribution >= 4 is 11.6 Å². The molecule has 1 aliphatic heterocycles. The first-order valence-corrected chi connectivity index (χ1v) is 6.51. The van der Waals surface area contributed by atoms with Crippen LogP contribution < -0.4 is 10.1 Å². The van der Waals surface area contributed by atoms with Gasteiger partial charge in [0.05, 0.1) is 19.8 Å². The van der Waals surface area contributed by atoms with Crippen molar-refractivity contribution in [3.05, 3.63) is 24.3 Å². The zero-order chi connectivity index (χ0) is 13.7. The molecule has 19 heavy (non-hydrogen) atoms. The first-order valence-electron chi connectivity index (χ1n) is 6.51. The Kier molecular flexibility index (Phi) is 4.76. The summed E-state index contributed by atoms with van der Waals surface area (Å²) >= 11 is 0. The minimum absolute atomic E-state index is 0.0374. The van der Waals surface area contributed by atoms with Crippen LogP contribution in [0.5, 0.6) is 5.75 Å². The van der Waals surface area contributed by atoms with Crippen LogP contribution in [-0.2, 0) is 4.79 Å². The third kappa shape index (κ3) is 4.22. The highest BCUT2D eigenvalue weighted by Gasteiger charge is 2.18. The summed E-state index contributed by atoms with van der Waals surface area (Å²) < 4.78 is 5.11. The number of methoxy groups -OCH3 is 1. The number of piperidine rings is 1. The Morgan fingerprint density at radius 1 is 1.47 bits per heavy atom. The lowest BCUT2D eigenvalue weighted by atomic mass is 10.1. The zero-order valence-electron chi connectivity index (χ0n) is 11.1. The van der Waals surface area contributed by atoms with E-state index in [0.29, 0.717) is 6.54 Å². The Bertz CT molecular complexity index is 428. The average molecular weight is 264 g/mol. The predicted molar refractivity (Wildman–Crippen MR) is 73.3 cm³/mol. The van der Waals surface area contributed by atoms with Gasteiger partial charge in [0.25, 0.3) is 0 Å². The van der Waals surface area contributed by atoms with Crippen LogP contribution in [-0.4, -0.2) is 48.8 Å². The van der Waals surface area contributed by atoms with Gasteiger partial charge in [0.2, 0.25) is 5.91 Å². The second kappa shape index (κ2) is 6.54. The van der Waals surface area contributed by atoms with Gasteiger partial charge >= 0.3 is 0 Å². The Balaban J connectivity index is 1.83. The van der Waals surface area contributed by atoms with E-state index in [1.165, 1.54) is 0 Å². The number of hydrogen-bond donors (Lipinski definition) is 2. The lowest BCUT2D eigenvalue weighted by Crippen LogP contribution is -2.40. The number of nitrogens with zero attached hydrogens (tertiary/aromatic N) is 1. The molecule has 0 unspecified atom stereocenters. The lowest BCUT2D eigenvalue weighted by Gasteiger charge is -2.28. The third-order valence-corrected chi connectivity index (χ3v) is 3.28. The molecule has 0 saturated carbocycles. The van der Waals surface area contributed by atoms with E-state index >= 15 is 0 Å². The summed E-state index contributed by atoms with van der Waals surface area (Å²) in [5.41, 5.74) is 0.737. The van der Waals surface area contributed by atoms with Crippen molar-refractivity contribution in [1.29, 1.82) is 0 Å². The third-order valence-electron chi connectivity index (χ3n) is 3.28. The largest absolute Gasteiger partial charge is 0.497 e. The summed E-state index contributed by atoms with van der Waals surface area (Å²) in [5, 5.41) is 12.3. The predicted octanol–water partition coefficient (Wildman–Crippen LogP) is 1.09. The number of aliphatic hydroxyl groups excluding tert-OH is 1. The molecule has 1 aliphatic rings. The van der Waals surface area contributed by atoms with Crippen LogP contribution in [0.1, 0.15) is 12.8 Å². The summed E-state index contributed by atoms with van der Waals surface area (Å²) in [7, 11) is 1.60. The van der Waals surface area contributed by atoms with Crippen LogP contribution in [0.25, 0.3) is 0 Å². The smallest absolute Gasteiger partial charge is 0.238 e. The summed E-state index contributed by atoms with van der Waals surface area (Å²) in [6.45, 7) is 1.91. The Morgan fingerprint density at radius 2 is 2.21 bits per heavy atom. The second-order valence-corrected chi connectivity index (χ2v) is 4.79. The molecule has 2 rings (SSSR count). The molecule has 0 aliphatic carbocycles. The van der Waals surface area contributed by atoms with Gasteiger partial charge in [0.1, 0.15) is 5.75 Å². The number of aliphatic hydroxyl groups is 1. The minimum Gasteiger partial charge on any atom is -0.497 e. The molecule has 5 nitrogen and oxygen atoms in total. The highest BCUT2D eigenvalue weighted by Crippen LogP contribution is 2.17. The fourth-order valence-electron chi connectivity index (χ4n) is 2.18. The van der Waals surface area contributed by atoms with E-state index in [9.17, 15) is 9.90 Å². The second-order valence-electron chi connectivity index (χ2n) is 4.79. The summed E-state index contributed by atoms with van der Waals surface area (Å²) in [6, 6.07) is 7.30. The van der Waals surface area contributed by atoms with Gasteiger partial charge in [-0.3, -0.25) is 9.69 Å². The van der Waals surface area contributed by atoms with Crippen molar-refractivity contribution in [2.75, 3.05) is 32.1 Å². The van der Waals surface area contributed by atoms with Gasteiger partial charge in [-0.2, -0.15) is 0 Å². The van der Waals surface area contributed by atoms with Crippen molar-refractivity contribution in [3.63, 3.8) is 0 Å². The van der Waals surface area contributed by atoms with E-state index in [1.54, 1.807) is 13.2 Å². The Morgan fingerprint density at radius 3 is 2.89 bits per heavy atom. The van der Waals surface area contributed by atoms with Gasteiger partial charge in [0, 0.05) is 24.8 Å². The summed E-state index contributed by atoms with van der Waals surface area (Å²) in [5.74, 6) is 0.684. The van der Waals surface area contributed by atoms with E-state index in [0.717, 1.165) is 37.4 Å². The molecule has 5 heteroatoms. The maximum atomic E-state index is 11.9. The molecular formula is C14H20N2O3. The molecule has 0 spiro atoms. The number of ether oxygens (including phenoxy) is 1. The van der Waals surface area contributed by atoms with Crippen LogP contribution in [0.15, 0.2) is 24.3 Å². The molecule has 2 N–H and O–H groups in total. The van der Waals surface area contributed by atoms with Crippen LogP contribution in [0.3, 0.4) is 0 Å². The number of hydrogen-bond acceptors (Lipinski definition) is 4. The quantitative estimate of drug-likeness (QED) is 0.854. The molecule has 0 aromatic heterocycles. The minimum atomic E-state index is -0.210. The lowest BCUT2D eigenvalue weighted by molar-refractivity contribution is -0.117. The number of nitrogens with one attached hydrogen (secondary N) is 1. The summed E-state index contributed by atoms with van der Waals surface area (Å²) in [4.78, 5) is 14.0. The van der Waals surface area contributed by atoms with Crippen LogP contribution >= 0.6 is 0 Å².